The van der Waals surface area contributed by atoms with Crippen LogP contribution in [0.5, 0.6) is 5.75 Å². The van der Waals surface area contributed by atoms with Gasteiger partial charge in [0.25, 0.3) is 0 Å². The maximum Gasteiger partial charge on any atom is 0.119 e. The fourth-order valence-corrected chi connectivity index (χ4v) is 3.85. The number of phenolic OH excluding ortho intramolecular Hbond substituents is 1. The van der Waals surface area contributed by atoms with Gasteiger partial charge in [-0.1, -0.05) is 26.0 Å². The molecule has 3 rings (SSSR count). The van der Waals surface area contributed by atoms with Gasteiger partial charge in [0.05, 0.1) is 0 Å². The summed E-state index contributed by atoms with van der Waals surface area (Å²) in [4.78, 5) is 0. The van der Waals surface area contributed by atoms with E-state index in [2.05, 4.69) is 26.0 Å². The van der Waals surface area contributed by atoms with E-state index >= 15 is 0 Å². The molecule has 0 aromatic heterocycles. The van der Waals surface area contributed by atoms with Crippen molar-refractivity contribution in [2.24, 2.45) is 11.3 Å². The zero-order valence-corrected chi connectivity index (χ0v) is 10.4. The summed E-state index contributed by atoms with van der Waals surface area (Å²) in [6.45, 7) is 6.76. The van der Waals surface area contributed by atoms with Crippen molar-refractivity contribution in [2.45, 2.75) is 45.4 Å². The molecule has 0 amide bonds. The van der Waals surface area contributed by atoms with Crippen LogP contribution in [0.15, 0.2) is 18.2 Å². The highest BCUT2D eigenvalue weighted by molar-refractivity contribution is 5.45. The van der Waals surface area contributed by atoms with E-state index < -0.39 is 0 Å². The van der Waals surface area contributed by atoms with Gasteiger partial charge in [0.15, 0.2) is 0 Å². The highest BCUT2D eigenvalue weighted by Crippen LogP contribution is 2.72. The number of aryl methyl sites for hydroxylation is 1. The van der Waals surface area contributed by atoms with Crippen molar-refractivity contribution < 1.29 is 5.11 Å². The summed E-state index contributed by atoms with van der Waals surface area (Å²) < 4.78 is 0. The second-order valence-corrected chi connectivity index (χ2v) is 6.21. The van der Waals surface area contributed by atoms with E-state index in [0.29, 0.717) is 11.2 Å². The van der Waals surface area contributed by atoms with Crippen LogP contribution < -0.4 is 0 Å². The average molecular weight is 216 g/mol. The van der Waals surface area contributed by atoms with Crippen molar-refractivity contribution in [3.63, 3.8) is 0 Å². The third-order valence-electron chi connectivity index (χ3n) is 5.41. The molecule has 0 unspecified atom stereocenters. The third kappa shape index (κ3) is 1.07. The Balaban J connectivity index is 2.09. The Labute approximate surface area is 97.5 Å². The van der Waals surface area contributed by atoms with E-state index in [4.69, 9.17) is 0 Å². The number of aromatic hydroxyl groups is 1. The van der Waals surface area contributed by atoms with E-state index in [1.54, 1.807) is 0 Å². The van der Waals surface area contributed by atoms with Gasteiger partial charge in [-0.3, -0.25) is 0 Å². The number of benzene rings is 1. The topological polar surface area (TPSA) is 20.2 Å². The molecular formula is C15H20O. The summed E-state index contributed by atoms with van der Waals surface area (Å²) in [6.07, 6.45) is 3.90. The lowest BCUT2D eigenvalue weighted by Crippen LogP contribution is -2.29. The molecule has 2 saturated carbocycles. The van der Waals surface area contributed by atoms with E-state index in [0.717, 1.165) is 11.5 Å². The van der Waals surface area contributed by atoms with Crippen LogP contribution in [-0.4, -0.2) is 5.11 Å². The molecule has 16 heavy (non-hydrogen) atoms. The van der Waals surface area contributed by atoms with Crippen LogP contribution in [-0.2, 0) is 5.41 Å². The Morgan fingerprint density at radius 1 is 1.31 bits per heavy atom. The summed E-state index contributed by atoms with van der Waals surface area (Å²) in [5.74, 6) is 1.40. The summed E-state index contributed by atoms with van der Waals surface area (Å²) in [7, 11) is 0. The molecule has 1 N–H and O–H groups in total. The average Bonchev–Trinajstić information content (AvgIpc) is 2.81. The summed E-state index contributed by atoms with van der Waals surface area (Å²) in [6, 6.07) is 6.16. The minimum atomic E-state index is 0.190. The first-order valence-corrected chi connectivity index (χ1v) is 6.27. The lowest BCUT2D eigenvalue weighted by atomic mass is 9.70. The first kappa shape index (κ1) is 10.2. The monoisotopic (exact) mass is 216 g/mol. The van der Waals surface area contributed by atoms with Gasteiger partial charge in [-0.15, -0.1) is 0 Å². The van der Waals surface area contributed by atoms with E-state index in [-0.39, 0.29) is 5.41 Å². The van der Waals surface area contributed by atoms with Crippen molar-refractivity contribution in [3.8, 4) is 5.75 Å². The van der Waals surface area contributed by atoms with Gasteiger partial charge in [0.2, 0.25) is 0 Å². The van der Waals surface area contributed by atoms with E-state index in [1.807, 2.05) is 13.0 Å². The number of hydrogen-bond acceptors (Lipinski definition) is 1. The summed E-state index contributed by atoms with van der Waals surface area (Å²) in [5, 5.41) is 10.2. The van der Waals surface area contributed by atoms with Crippen molar-refractivity contribution >= 4 is 0 Å². The molecule has 0 radical (unpaired) electrons. The van der Waals surface area contributed by atoms with Gasteiger partial charge in [-0.05, 0) is 49.1 Å². The molecule has 0 spiro atoms. The lowest BCUT2D eigenvalue weighted by molar-refractivity contribution is 0.299. The van der Waals surface area contributed by atoms with Gasteiger partial charge >= 0.3 is 0 Å². The van der Waals surface area contributed by atoms with Crippen molar-refractivity contribution in [3.05, 3.63) is 29.3 Å². The molecule has 0 bridgehead atoms. The van der Waals surface area contributed by atoms with Crippen molar-refractivity contribution in [1.82, 2.24) is 0 Å². The predicted molar refractivity (Wildman–Crippen MR) is 65.6 cm³/mol. The predicted octanol–water partition coefficient (Wildman–Crippen LogP) is 3.78. The second-order valence-electron chi connectivity index (χ2n) is 6.21. The number of rotatable bonds is 1. The molecule has 0 heterocycles. The Morgan fingerprint density at radius 3 is 2.56 bits per heavy atom. The molecule has 2 fully saturated rings. The Morgan fingerprint density at radius 2 is 2.06 bits per heavy atom. The SMILES string of the molecule is Cc1ccc([C@]2(C)CC[C@@H]3C[C@@]32C)c(O)c1. The number of fused-ring (bicyclic) bond motifs is 1. The fraction of sp³-hybridized carbons (Fsp3) is 0.600. The quantitative estimate of drug-likeness (QED) is 0.757. The smallest absolute Gasteiger partial charge is 0.119 e. The largest absolute Gasteiger partial charge is 0.508 e. The Kier molecular flexibility index (Phi) is 1.80. The van der Waals surface area contributed by atoms with Gasteiger partial charge in [0, 0.05) is 11.0 Å². The van der Waals surface area contributed by atoms with Crippen LogP contribution in [0.1, 0.15) is 44.2 Å². The van der Waals surface area contributed by atoms with Gasteiger partial charge in [-0.2, -0.15) is 0 Å². The summed E-state index contributed by atoms with van der Waals surface area (Å²) in [5.41, 5.74) is 2.94. The Hall–Kier alpha value is -0.980. The molecule has 0 saturated heterocycles. The zero-order valence-electron chi connectivity index (χ0n) is 10.4. The summed E-state index contributed by atoms with van der Waals surface area (Å²) >= 11 is 0. The van der Waals surface area contributed by atoms with Crippen LogP contribution in [0.2, 0.25) is 0 Å². The molecule has 1 aromatic rings. The molecule has 2 aliphatic carbocycles. The minimum absolute atomic E-state index is 0.190. The van der Waals surface area contributed by atoms with Crippen LogP contribution >= 0.6 is 0 Å². The first-order valence-electron chi connectivity index (χ1n) is 6.27. The van der Waals surface area contributed by atoms with Crippen LogP contribution in [0, 0.1) is 18.3 Å². The highest BCUT2D eigenvalue weighted by Gasteiger charge is 2.66. The van der Waals surface area contributed by atoms with Crippen molar-refractivity contribution in [2.75, 3.05) is 0 Å². The maximum absolute atomic E-state index is 10.2. The molecule has 0 aliphatic heterocycles. The lowest BCUT2D eigenvalue weighted by Gasteiger charge is -2.34. The van der Waals surface area contributed by atoms with Gasteiger partial charge < -0.3 is 5.11 Å². The van der Waals surface area contributed by atoms with Gasteiger partial charge in [-0.25, -0.2) is 0 Å². The zero-order chi connectivity index (χ0) is 11.6. The maximum atomic E-state index is 10.2. The Bertz CT molecular complexity index is 449. The minimum Gasteiger partial charge on any atom is -0.508 e. The molecule has 1 aromatic carbocycles. The van der Waals surface area contributed by atoms with Crippen LogP contribution in [0.3, 0.4) is 0 Å². The van der Waals surface area contributed by atoms with Crippen LogP contribution in [0.4, 0.5) is 0 Å². The highest BCUT2D eigenvalue weighted by atomic mass is 16.3. The number of phenols is 1. The standard InChI is InChI=1S/C15H20O/c1-10-4-5-12(13(16)8-10)14(2)7-6-11-9-15(11,14)3/h4-5,8,11,16H,6-7,9H2,1-3H3/t11-,14+,15+/m1/s1. The number of hydrogen-bond donors (Lipinski definition) is 1. The van der Waals surface area contributed by atoms with Crippen molar-refractivity contribution in [1.29, 1.82) is 0 Å². The molecule has 86 valence electrons. The second kappa shape index (κ2) is 2.82. The molecule has 1 heteroatoms. The molecule has 2 aliphatic rings. The fourth-order valence-electron chi connectivity index (χ4n) is 3.85. The van der Waals surface area contributed by atoms with E-state index in [1.165, 1.54) is 24.8 Å². The first-order chi connectivity index (χ1) is 7.47. The molecule has 1 nitrogen and oxygen atoms in total. The molecular weight excluding hydrogens is 196 g/mol. The van der Waals surface area contributed by atoms with Crippen LogP contribution in [0.25, 0.3) is 0 Å². The normalized spacial score (nSPS) is 40.8. The third-order valence-corrected chi connectivity index (χ3v) is 5.41. The van der Waals surface area contributed by atoms with E-state index in [9.17, 15) is 5.11 Å². The van der Waals surface area contributed by atoms with Gasteiger partial charge in [0.1, 0.15) is 5.75 Å². The molecule has 3 atom stereocenters.